The standard InChI is InChI=1S/C24H24ClF2N3O3/c1-5-16-19(11-21-29(4)24(2,3)13-30(21)23(16)31)32-12-14-8-17(26)22(18(27)9-14)33-15-6-7-28-20(25)10-15/h6-11H,5,12-13H2,1-4H3. The molecule has 9 heteroatoms. The Balaban J connectivity index is 1.58. The van der Waals surface area contributed by atoms with Crippen molar-refractivity contribution in [3.05, 3.63) is 74.8 Å². The third-order valence-corrected chi connectivity index (χ3v) is 6.06. The van der Waals surface area contributed by atoms with E-state index in [2.05, 4.69) is 18.8 Å². The van der Waals surface area contributed by atoms with E-state index >= 15 is 0 Å². The van der Waals surface area contributed by atoms with Crippen LogP contribution in [0.25, 0.3) is 0 Å². The smallest absolute Gasteiger partial charge is 0.259 e. The number of likely N-dealkylation sites (N-methyl/N-ethyl adjacent to an activating group) is 1. The van der Waals surface area contributed by atoms with Crippen LogP contribution in [0.4, 0.5) is 14.6 Å². The number of anilines is 1. The second-order valence-corrected chi connectivity index (χ2v) is 8.94. The first-order valence-electron chi connectivity index (χ1n) is 10.5. The van der Waals surface area contributed by atoms with Gasteiger partial charge in [-0.15, -0.1) is 0 Å². The summed E-state index contributed by atoms with van der Waals surface area (Å²) in [5.41, 5.74) is 0.470. The van der Waals surface area contributed by atoms with Crippen LogP contribution in [0, 0.1) is 11.6 Å². The molecule has 3 aromatic rings. The van der Waals surface area contributed by atoms with Crippen molar-refractivity contribution in [3.63, 3.8) is 0 Å². The fourth-order valence-electron chi connectivity index (χ4n) is 3.86. The lowest BCUT2D eigenvalue weighted by Gasteiger charge is -2.28. The molecule has 174 valence electrons. The van der Waals surface area contributed by atoms with Crippen molar-refractivity contribution in [2.75, 3.05) is 11.9 Å². The lowest BCUT2D eigenvalue weighted by Crippen LogP contribution is -2.38. The van der Waals surface area contributed by atoms with Gasteiger partial charge in [0.2, 0.25) is 0 Å². The molecule has 0 unspecified atom stereocenters. The van der Waals surface area contributed by atoms with E-state index in [0.717, 1.165) is 18.0 Å². The highest BCUT2D eigenvalue weighted by atomic mass is 35.5. The maximum absolute atomic E-state index is 14.6. The van der Waals surface area contributed by atoms with Gasteiger partial charge in [0.15, 0.2) is 17.4 Å². The highest BCUT2D eigenvalue weighted by Gasteiger charge is 2.35. The van der Waals surface area contributed by atoms with E-state index in [0.29, 0.717) is 24.3 Å². The number of fused-ring (bicyclic) bond motifs is 1. The molecule has 2 aromatic heterocycles. The van der Waals surface area contributed by atoms with E-state index in [1.54, 1.807) is 4.57 Å². The quantitative estimate of drug-likeness (QED) is 0.451. The highest BCUT2D eigenvalue weighted by Crippen LogP contribution is 2.35. The van der Waals surface area contributed by atoms with Gasteiger partial charge in [-0.3, -0.25) is 9.36 Å². The van der Waals surface area contributed by atoms with Crippen molar-refractivity contribution in [1.82, 2.24) is 9.55 Å². The van der Waals surface area contributed by atoms with Crippen LogP contribution in [-0.4, -0.2) is 22.1 Å². The SMILES string of the molecule is CCc1c(OCc2cc(F)c(Oc3ccnc(Cl)c3)c(F)c2)cc2n(c1=O)CC(C)(C)N2C. The molecule has 0 saturated carbocycles. The lowest BCUT2D eigenvalue weighted by molar-refractivity contribution is 0.299. The Morgan fingerprint density at radius 3 is 2.52 bits per heavy atom. The van der Waals surface area contributed by atoms with Gasteiger partial charge < -0.3 is 14.4 Å². The molecule has 3 heterocycles. The summed E-state index contributed by atoms with van der Waals surface area (Å²) in [6.45, 7) is 6.45. The van der Waals surface area contributed by atoms with E-state index in [9.17, 15) is 13.6 Å². The minimum absolute atomic E-state index is 0.112. The van der Waals surface area contributed by atoms with Crippen LogP contribution in [0.15, 0.2) is 41.3 Å². The van der Waals surface area contributed by atoms with E-state index in [1.807, 2.05) is 24.9 Å². The van der Waals surface area contributed by atoms with Crippen molar-refractivity contribution in [1.29, 1.82) is 0 Å². The van der Waals surface area contributed by atoms with Gasteiger partial charge in [-0.05, 0) is 44.0 Å². The van der Waals surface area contributed by atoms with Crippen LogP contribution in [0.1, 0.15) is 31.9 Å². The molecule has 0 radical (unpaired) electrons. The van der Waals surface area contributed by atoms with Gasteiger partial charge in [0.1, 0.15) is 29.1 Å². The van der Waals surface area contributed by atoms with Crippen LogP contribution in [0.3, 0.4) is 0 Å². The second-order valence-electron chi connectivity index (χ2n) is 8.56. The summed E-state index contributed by atoms with van der Waals surface area (Å²) in [6.07, 6.45) is 1.85. The number of ether oxygens (including phenoxy) is 2. The number of rotatable bonds is 6. The molecule has 0 spiro atoms. The van der Waals surface area contributed by atoms with Gasteiger partial charge in [0.05, 0.1) is 17.6 Å². The topological polar surface area (TPSA) is 56.6 Å². The molecular weight excluding hydrogens is 452 g/mol. The second kappa shape index (κ2) is 8.67. The number of nitrogens with zero attached hydrogens (tertiary/aromatic N) is 3. The Hall–Kier alpha value is -3.13. The zero-order valence-electron chi connectivity index (χ0n) is 18.8. The summed E-state index contributed by atoms with van der Waals surface area (Å²) in [6, 6.07) is 6.89. The van der Waals surface area contributed by atoms with Crippen molar-refractivity contribution in [3.8, 4) is 17.2 Å². The maximum atomic E-state index is 14.6. The minimum Gasteiger partial charge on any atom is -0.488 e. The van der Waals surface area contributed by atoms with E-state index in [-0.39, 0.29) is 34.2 Å². The fourth-order valence-corrected chi connectivity index (χ4v) is 4.03. The molecule has 33 heavy (non-hydrogen) atoms. The zero-order valence-corrected chi connectivity index (χ0v) is 19.5. The van der Waals surface area contributed by atoms with Gasteiger partial charge in [-0.25, -0.2) is 13.8 Å². The first kappa shape index (κ1) is 23.0. The number of benzene rings is 1. The van der Waals surface area contributed by atoms with Crippen LogP contribution >= 0.6 is 11.6 Å². The summed E-state index contributed by atoms with van der Waals surface area (Å²) in [7, 11) is 1.92. The Morgan fingerprint density at radius 2 is 1.88 bits per heavy atom. The summed E-state index contributed by atoms with van der Waals surface area (Å²) in [5, 5.41) is 0.143. The molecule has 6 nitrogen and oxygen atoms in total. The summed E-state index contributed by atoms with van der Waals surface area (Å²) >= 11 is 5.79. The van der Waals surface area contributed by atoms with E-state index in [4.69, 9.17) is 21.1 Å². The molecule has 0 N–H and O–H groups in total. The average Bonchev–Trinajstić information content (AvgIpc) is 2.99. The van der Waals surface area contributed by atoms with Crippen LogP contribution in [0.5, 0.6) is 17.2 Å². The van der Waals surface area contributed by atoms with Gasteiger partial charge in [0, 0.05) is 25.4 Å². The Labute approximate surface area is 195 Å². The minimum atomic E-state index is -0.882. The Morgan fingerprint density at radius 1 is 1.18 bits per heavy atom. The van der Waals surface area contributed by atoms with Gasteiger partial charge in [0.25, 0.3) is 5.56 Å². The molecule has 0 fully saturated rings. The third-order valence-electron chi connectivity index (χ3n) is 5.86. The normalized spacial score (nSPS) is 14.3. The van der Waals surface area contributed by atoms with Crippen molar-refractivity contribution < 1.29 is 18.3 Å². The molecule has 1 aromatic carbocycles. The summed E-state index contributed by atoms with van der Waals surface area (Å²) in [4.78, 5) is 18.8. The van der Waals surface area contributed by atoms with Crippen molar-refractivity contribution in [2.45, 2.75) is 45.9 Å². The van der Waals surface area contributed by atoms with Crippen LogP contribution < -0.4 is 19.9 Å². The van der Waals surface area contributed by atoms with E-state index in [1.165, 1.54) is 18.3 Å². The van der Waals surface area contributed by atoms with Gasteiger partial charge in [-0.1, -0.05) is 18.5 Å². The van der Waals surface area contributed by atoms with Crippen LogP contribution in [-0.2, 0) is 19.6 Å². The fraction of sp³-hybridized carbons (Fsp3) is 0.333. The number of aromatic nitrogens is 2. The molecular formula is C24H24ClF2N3O3. The molecule has 0 aliphatic carbocycles. The first-order chi connectivity index (χ1) is 15.6. The average molecular weight is 476 g/mol. The molecule has 0 bridgehead atoms. The molecule has 0 amide bonds. The third kappa shape index (κ3) is 4.39. The summed E-state index contributed by atoms with van der Waals surface area (Å²) in [5.74, 6) is -0.995. The van der Waals surface area contributed by atoms with Crippen molar-refractivity contribution >= 4 is 17.4 Å². The van der Waals surface area contributed by atoms with Gasteiger partial charge >= 0.3 is 0 Å². The monoisotopic (exact) mass is 475 g/mol. The Bertz CT molecular complexity index is 1250. The summed E-state index contributed by atoms with van der Waals surface area (Å²) < 4.78 is 42.2. The van der Waals surface area contributed by atoms with E-state index < -0.39 is 17.4 Å². The predicted octanol–water partition coefficient (Wildman–Crippen LogP) is 5.34. The largest absolute Gasteiger partial charge is 0.488 e. The van der Waals surface area contributed by atoms with Crippen LogP contribution in [0.2, 0.25) is 5.15 Å². The number of pyridine rings is 2. The molecule has 1 aliphatic rings. The number of hydrogen-bond donors (Lipinski definition) is 0. The molecule has 0 atom stereocenters. The number of hydrogen-bond acceptors (Lipinski definition) is 5. The predicted molar refractivity (Wildman–Crippen MR) is 123 cm³/mol. The first-order valence-corrected chi connectivity index (χ1v) is 10.9. The van der Waals surface area contributed by atoms with Gasteiger partial charge in [-0.2, -0.15) is 0 Å². The Kier molecular flexibility index (Phi) is 6.05. The van der Waals surface area contributed by atoms with Crippen molar-refractivity contribution in [2.24, 2.45) is 0 Å². The maximum Gasteiger partial charge on any atom is 0.259 e. The zero-order chi connectivity index (χ0) is 23.9. The highest BCUT2D eigenvalue weighted by molar-refractivity contribution is 6.29. The molecule has 4 rings (SSSR count). The number of halogens is 3. The molecule has 1 aliphatic heterocycles. The molecule has 0 saturated heterocycles. The lowest BCUT2D eigenvalue weighted by atomic mass is 10.1.